The molecule has 0 fully saturated rings. The summed E-state index contributed by atoms with van der Waals surface area (Å²) in [5, 5.41) is 19.5. The molecule has 0 spiro atoms. The third kappa shape index (κ3) is 5.40. The fraction of sp³-hybridized carbons (Fsp3) is 0.158. The highest BCUT2D eigenvalue weighted by atomic mass is 16.6. The maximum absolute atomic E-state index is 12.0. The normalized spacial score (nSPS) is 11.3. The quantitative estimate of drug-likeness (QED) is 0.717. The van der Waals surface area contributed by atoms with E-state index < -0.39 is 30.0 Å². The summed E-state index contributed by atoms with van der Waals surface area (Å²) in [6.45, 7) is 1.32. The third-order valence-corrected chi connectivity index (χ3v) is 3.48. The number of hydrogen-bond donors (Lipinski definition) is 1. The molecular formula is C19H15O8-. The van der Waals surface area contributed by atoms with Gasteiger partial charge in [-0.05, 0) is 48.9 Å². The van der Waals surface area contributed by atoms with Crippen LogP contribution in [0.2, 0.25) is 0 Å². The lowest BCUT2D eigenvalue weighted by atomic mass is 10.1. The van der Waals surface area contributed by atoms with Gasteiger partial charge in [-0.25, -0.2) is 14.4 Å². The Morgan fingerprint density at radius 3 is 1.78 bits per heavy atom. The predicted molar refractivity (Wildman–Crippen MR) is 89.3 cm³/mol. The number of esters is 2. The van der Waals surface area contributed by atoms with E-state index >= 15 is 0 Å². The highest BCUT2D eigenvalue weighted by molar-refractivity contribution is 5.93. The lowest BCUT2D eigenvalue weighted by molar-refractivity contribution is -0.255. The molecule has 0 bridgehead atoms. The van der Waals surface area contributed by atoms with E-state index in [1.54, 1.807) is 0 Å². The number of carbonyl (C=O) groups is 4. The van der Waals surface area contributed by atoms with Crippen LogP contribution >= 0.6 is 0 Å². The van der Waals surface area contributed by atoms with Crippen molar-refractivity contribution in [1.29, 1.82) is 0 Å². The van der Waals surface area contributed by atoms with Crippen LogP contribution in [0.25, 0.3) is 0 Å². The molecule has 0 heterocycles. The van der Waals surface area contributed by atoms with Crippen LogP contribution in [0.3, 0.4) is 0 Å². The molecule has 140 valence electrons. The first kappa shape index (κ1) is 19.6. The topological polar surface area (TPSA) is 130 Å². The van der Waals surface area contributed by atoms with Gasteiger partial charge in [-0.2, -0.15) is 0 Å². The van der Waals surface area contributed by atoms with Crippen molar-refractivity contribution in [3.8, 4) is 0 Å². The van der Waals surface area contributed by atoms with Gasteiger partial charge in [0.25, 0.3) is 0 Å². The summed E-state index contributed by atoms with van der Waals surface area (Å²) in [5.41, 5.74) is 0.278. The molecule has 0 amide bonds. The molecule has 0 aliphatic rings. The zero-order valence-electron chi connectivity index (χ0n) is 14.2. The van der Waals surface area contributed by atoms with Crippen molar-refractivity contribution >= 4 is 23.9 Å². The zero-order chi connectivity index (χ0) is 20.0. The molecule has 0 saturated carbocycles. The number of hydrogen-bond acceptors (Lipinski definition) is 7. The van der Waals surface area contributed by atoms with Gasteiger partial charge in [-0.3, -0.25) is 0 Å². The van der Waals surface area contributed by atoms with E-state index in [1.807, 2.05) is 0 Å². The van der Waals surface area contributed by atoms with Gasteiger partial charge in [0, 0.05) is 0 Å². The summed E-state index contributed by atoms with van der Waals surface area (Å²) in [5.74, 6) is -3.85. The van der Waals surface area contributed by atoms with Gasteiger partial charge in [0.05, 0.1) is 22.7 Å². The highest BCUT2D eigenvalue weighted by Crippen LogP contribution is 2.09. The van der Waals surface area contributed by atoms with Crippen LogP contribution in [0, 0.1) is 0 Å². The molecule has 0 saturated heterocycles. The van der Waals surface area contributed by atoms with Gasteiger partial charge >= 0.3 is 17.9 Å². The van der Waals surface area contributed by atoms with Gasteiger partial charge in [-0.1, -0.05) is 12.1 Å². The zero-order valence-corrected chi connectivity index (χ0v) is 14.2. The van der Waals surface area contributed by atoms with E-state index in [-0.39, 0.29) is 28.9 Å². The van der Waals surface area contributed by atoms with Crippen LogP contribution in [0.15, 0.2) is 48.5 Å². The summed E-state index contributed by atoms with van der Waals surface area (Å²) in [7, 11) is 0. The second-order valence-electron chi connectivity index (χ2n) is 5.56. The minimum absolute atomic E-state index is 0.0403. The van der Waals surface area contributed by atoms with Gasteiger partial charge in [0.2, 0.25) is 0 Å². The Morgan fingerprint density at radius 2 is 1.30 bits per heavy atom. The molecule has 2 aromatic rings. The number of rotatable bonds is 7. The summed E-state index contributed by atoms with van der Waals surface area (Å²) in [4.78, 5) is 45.3. The van der Waals surface area contributed by atoms with Crippen molar-refractivity contribution in [3.05, 3.63) is 70.8 Å². The van der Waals surface area contributed by atoms with Gasteiger partial charge in [0.1, 0.15) is 12.7 Å². The first-order valence-corrected chi connectivity index (χ1v) is 7.81. The minimum Gasteiger partial charge on any atom is -0.545 e. The van der Waals surface area contributed by atoms with Crippen molar-refractivity contribution in [1.82, 2.24) is 0 Å². The number of carboxylic acids is 2. The average Bonchev–Trinajstić information content (AvgIpc) is 2.66. The van der Waals surface area contributed by atoms with Crippen LogP contribution < -0.4 is 5.11 Å². The van der Waals surface area contributed by atoms with E-state index in [4.69, 9.17) is 14.6 Å². The van der Waals surface area contributed by atoms with Crippen molar-refractivity contribution in [3.63, 3.8) is 0 Å². The molecule has 0 aromatic heterocycles. The van der Waals surface area contributed by atoms with Crippen molar-refractivity contribution in [2.45, 2.75) is 13.0 Å². The largest absolute Gasteiger partial charge is 0.545 e. The first-order chi connectivity index (χ1) is 12.8. The number of aromatic carboxylic acids is 2. The van der Waals surface area contributed by atoms with Gasteiger partial charge in [0.15, 0.2) is 0 Å². The van der Waals surface area contributed by atoms with Crippen LogP contribution in [0.4, 0.5) is 0 Å². The standard InChI is InChI=1S/C19H16O8/c1-11(27-19(25)15-8-4-13(5-9-15)17(22)23)10-26-18(24)14-6-2-12(3-7-14)16(20)21/h2-9,11H,10H2,1H3,(H,20,21)(H,22,23)/p-1. The molecular weight excluding hydrogens is 356 g/mol. The maximum Gasteiger partial charge on any atom is 0.338 e. The lowest BCUT2D eigenvalue weighted by Gasteiger charge is -2.14. The Labute approximate surface area is 154 Å². The molecule has 8 heteroatoms. The number of carboxylic acid groups (broad SMARTS) is 2. The molecule has 0 aliphatic heterocycles. The molecule has 27 heavy (non-hydrogen) atoms. The lowest BCUT2D eigenvalue weighted by Crippen LogP contribution is -2.23. The fourth-order valence-electron chi connectivity index (χ4n) is 2.05. The fourth-order valence-corrected chi connectivity index (χ4v) is 2.05. The third-order valence-electron chi connectivity index (χ3n) is 3.48. The van der Waals surface area contributed by atoms with Crippen LogP contribution in [-0.2, 0) is 9.47 Å². The van der Waals surface area contributed by atoms with E-state index in [2.05, 4.69) is 0 Å². The second-order valence-corrected chi connectivity index (χ2v) is 5.56. The Morgan fingerprint density at radius 1 is 0.852 bits per heavy atom. The Bertz CT molecular complexity index is 852. The summed E-state index contributed by atoms with van der Waals surface area (Å²) in [6.07, 6.45) is -0.749. The highest BCUT2D eigenvalue weighted by Gasteiger charge is 2.15. The SMILES string of the molecule is CC(COC(=O)c1ccc(C(=O)O)cc1)OC(=O)c1ccc(C(=O)[O-])cc1. The van der Waals surface area contributed by atoms with Gasteiger partial charge in [-0.15, -0.1) is 0 Å². The Balaban J connectivity index is 1.86. The van der Waals surface area contributed by atoms with Crippen LogP contribution in [-0.4, -0.2) is 41.7 Å². The maximum atomic E-state index is 12.0. The molecule has 1 unspecified atom stereocenters. The van der Waals surface area contributed by atoms with Crippen molar-refractivity contribution < 1.29 is 38.9 Å². The number of carbonyl (C=O) groups excluding carboxylic acids is 3. The van der Waals surface area contributed by atoms with E-state index in [0.717, 1.165) is 0 Å². The monoisotopic (exact) mass is 371 g/mol. The predicted octanol–water partition coefficient (Wildman–Crippen LogP) is 1.15. The average molecular weight is 371 g/mol. The summed E-state index contributed by atoms with van der Waals surface area (Å²) >= 11 is 0. The van der Waals surface area contributed by atoms with E-state index in [1.165, 1.54) is 55.5 Å². The van der Waals surface area contributed by atoms with E-state index in [9.17, 15) is 24.3 Å². The first-order valence-electron chi connectivity index (χ1n) is 7.81. The molecule has 2 rings (SSSR count). The van der Waals surface area contributed by atoms with Crippen molar-refractivity contribution in [2.75, 3.05) is 6.61 Å². The van der Waals surface area contributed by atoms with Crippen molar-refractivity contribution in [2.24, 2.45) is 0 Å². The molecule has 1 N–H and O–H groups in total. The Kier molecular flexibility index (Phi) is 6.27. The van der Waals surface area contributed by atoms with Crippen LogP contribution in [0.5, 0.6) is 0 Å². The second kappa shape index (κ2) is 8.61. The minimum atomic E-state index is -1.36. The van der Waals surface area contributed by atoms with Crippen LogP contribution in [0.1, 0.15) is 48.4 Å². The number of ether oxygens (including phenoxy) is 2. The molecule has 8 nitrogen and oxygen atoms in total. The smallest absolute Gasteiger partial charge is 0.338 e. The molecule has 2 aromatic carbocycles. The molecule has 0 radical (unpaired) electrons. The summed E-state index contributed by atoms with van der Waals surface area (Å²) in [6, 6.07) is 10.2. The summed E-state index contributed by atoms with van der Waals surface area (Å²) < 4.78 is 10.1. The number of benzene rings is 2. The van der Waals surface area contributed by atoms with E-state index in [0.29, 0.717) is 0 Å². The van der Waals surface area contributed by atoms with Gasteiger partial charge < -0.3 is 24.5 Å². The molecule has 0 aliphatic carbocycles. The Hall–Kier alpha value is -3.68. The molecule has 1 atom stereocenters.